The summed E-state index contributed by atoms with van der Waals surface area (Å²) in [6.45, 7) is 10.4. The number of hydrogen-bond acceptors (Lipinski definition) is 7. The van der Waals surface area contributed by atoms with E-state index in [4.69, 9.17) is 9.26 Å². The highest BCUT2D eigenvalue weighted by atomic mass is 16.5. The lowest BCUT2D eigenvalue weighted by Crippen LogP contribution is -2.36. The van der Waals surface area contributed by atoms with E-state index in [-0.39, 0.29) is 0 Å². The molecule has 0 aromatic carbocycles. The van der Waals surface area contributed by atoms with E-state index in [0.717, 1.165) is 13.1 Å². The van der Waals surface area contributed by atoms with Crippen molar-refractivity contribution >= 4 is 17.5 Å². The van der Waals surface area contributed by atoms with E-state index in [2.05, 4.69) is 28.0 Å². The van der Waals surface area contributed by atoms with Gasteiger partial charge in [-0.05, 0) is 18.0 Å². The summed E-state index contributed by atoms with van der Waals surface area (Å²) in [6.07, 6.45) is 0.958. The van der Waals surface area contributed by atoms with Crippen LogP contribution in [-0.2, 0) is 14.3 Å². The molecule has 2 rings (SSSR count). The van der Waals surface area contributed by atoms with Crippen LogP contribution in [0.25, 0.3) is 5.57 Å². The summed E-state index contributed by atoms with van der Waals surface area (Å²) in [5, 5.41) is 3.95. The Labute approximate surface area is 123 Å². The Kier molecular flexibility index (Phi) is 5.10. The van der Waals surface area contributed by atoms with Crippen LogP contribution in [0.2, 0.25) is 0 Å². The Balaban J connectivity index is 1.89. The molecule has 1 aromatic heterocycles. The maximum Gasteiger partial charge on any atom is 0.333 e. The van der Waals surface area contributed by atoms with Crippen LogP contribution in [0.3, 0.4) is 0 Å². The molecule has 1 aromatic rings. The minimum Gasteiger partial charge on any atom is -0.466 e. The maximum absolute atomic E-state index is 11.3. The first-order chi connectivity index (χ1) is 10.1. The molecule has 0 radical (unpaired) electrons. The maximum atomic E-state index is 11.3. The first-order valence-electron chi connectivity index (χ1n) is 6.72. The predicted octanol–water partition coefficient (Wildman–Crippen LogP) is 1.43. The third-order valence-electron chi connectivity index (χ3n) is 3.21. The van der Waals surface area contributed by atoms with Crippen LogP contribution in [0.4, 0.5) is 5.95 Å². The molecule has 114 valence electrons. The molecule has 1 aliphatic rings. The van der Waals surface area contributed by atoms with Gasteiger partial charge in [0.1, 0.15) is 0 Å². The summed E-state index contributed by atoms with van der Waals surface area (Å²) in [7, 11) is 1.33. The Morgan fingerprint density at radius 3 is 2.71 bits per heavy atom. The van der Waals surface area contributed by atoms with Gasteiger partial charge in [0.25, 0.3) is 11.8 Å². The first-order valence-corrected chi connectivity index (χ1v) is 6.72. The molecule has 0 saturated carbocycles. The van der Waals surface area contributed by atoms with Gasteiger partial charge in [0.2, 0.25) is 0 Å². The number of methoxy groups -OCH3 is 1. The minimum absolute atomic E-state index is 0.383. The SMILES string of the molecule is C=C(CCC(=C)c1nc(N2CCOCC2)no1)C(=O)OC. The number of rotatable bonds is 6. The Morgan fingerprint density at radius 2 is 2.05 bits per heavy atom. The molecular formula is C14H19N3O4. The summed E-state index contributed by atoms with van der Waals surface area (Å²) in [5.41, 5.74) is 1.07. The molecule has 0 atom stereocenters. The van der Waals surface area contributed by atoms with Gasteiger partial charge in [0.15, 0.2) is 0 Å². The van der Waals surface area contributed by atoms with Crippen molar-refractivity contribution in [1.29, 1.82) is 0 Å². The molecule has 0 unspecified atom stereocenters. The van der Waals surface area contributed by atoms with Crippen LogP contribution >= 0.6 is 0 Å². The number of allylic oxidation sites excluding steroid dienone is 1. The van der Waals surface area contributed by atoms with Crippen LogP contribution in [0.15, 0.2) is 23.3 Å². The molecule has 1 fully saturated rings. The molecule has 1 saturated heterocycles. The lowest BCUT2D eigenvalue weighted by atomic mass is 10.1. The normalized spacial score (nSPS) is 14.8. The van der Waals surface area contributed by atoms with Crippen molar-refractivity contribution in [3.63, 3.8) is 0 Å². The molecule has 0 N–H and O–H groups in total. The standard InChI is InChI=1S/C14H19N3O4/c1-10(4-5-11(2)13(18)19-3)12-15-14(16-21-12)17-6-8-20-9-7-17/h1-2,4-9H2,3H3. The zero-order chi connectivity index (χ0) is 15.2. The van der Waals surface area contributed by atoms with Gasteiger partial charge in [0.05, 0.1) is 20.3 Å². The van der Waals surface area contributed by atoms with E-state index in [1.54, 1.807) is 0 Å². The number of nitrogens with zero attached hydrogens (tertiary/aromatic N) is 3. The molecule has 21 heavy (non-hydrogen) atoms. The molecule has 0 spiro atoms. The van der Waals surface area contributed by atoms with Crippen LogP contribution in [0, 0.1) is 0 Å². The van der Waals surface area contributed by atoms with Gasteiger partial charge in [-0.1, -0.05) is 13.2 Å². The second-order valence-electron chi connectivity index (χ2n) is 4.70. The minimum atomic E-state index is -0.415. The van der Waals surface area contributed by atoms with E-state index >= 15 is 0 Å². The highest BCUT2D eigenvalue weighted by Gasteiger charge is 2.18. The number of morpholine rings is 1. The topological polar surface area (TPSA) is 77.7 Å². The van der Waals surface area contributed by atoms with Crippen molar-refractivity contribution in [3.8, 4) is 0 Å². The molecule has 7 nitrogen and oxygen atoms in total. The molecular weight excluding hydrogens is 274 g/mol. The zero-order valence-electron chi connectivity index (χ0n) is 12.1. The van der Waals surface area contributed by atoms with Gasteiger partial charge in [-0.25, -0.2) is 4.79 Å². The smallest absolute Gasteiger partial charge is 0.333 e. The summed E-state index contributed by atoms with van der Waals surface area (Å²) >= 11 is 0. The number of carbonyl (C=O) groups excluding carboxylic acids is 1. The van der Waals surface area contributed by atoms with Gasteiger partial charge in [-0.15, -0.1) is 0 Å². The third-order valence-corrected chi connectivity index (χ3v) is 3.21. The average molecular weight is 293 g/mol. The highest BCUT2D eigenvalue weighted by Crippen LogP contribution is 2.21. The van der Waals surface area contributed by atoms with E-state index in [0.29, 0.717) is 49.0 Å². The summed E-state index contributed by atoms with van der Waals surface area (Å²) in [4.78, 5) is 17.6. The van der Waals surface area contributed by atoms with Crippen LogP contribution in [-0.4, -0.2) is 49.5 Å². The summed E-state index contributed by atoms with van der Waals surface area (Å²) in [6, 6.07) is 0. The van der Waals surface area contributed by atoms with Crippen molar-refractivity contribution in [1.82, 2.24) is 10.1 Å². The fourth-order valence-corrected chi connectivity index (χ4v) is 1.91. The van der Waals surface area contributed by atoms with E-state index < -0.39 is 5.97 Å². The van der Waals surface area contributed by atoms with Crippen LogP contribution < -0.4 is 4.90 Å². The van der Waals surface area contributed by atoms with Crippen molar-refractivity contribution in [2.24, 2.45) is 0 Å². The highest BCUT2D eigenvalue weighted by molar-refractivity contribution is 5.87. The Hall–Kier alpha value is -2.15. The number of hydrogen-bond donors (Lipinski definition) is 0. The molecule has 0 amide bonds. The fraction of sp³-hybridized carbons (Fsp3) is 0.500. The summed E-state index contributed by atoms with van der Waals surface area (Å²) in [5.74, 6) is 0.512. The van der Waals surface area contributed by atoms with E-state index in [1.807, 2.05) is 4.90 Å². The van der Waals surface area contributed by atoms with Crippen molar-refractivity contribution in [2.75, 3.05) is 38.3 Å². The van der Waals surface area contributed by atoms with Crippen LogP contribution in [0.5, 0.6) is 0 Å². The third kappa shape index (κ3) is 3.91. The Morgan fingerprint density at radius 1 is 1.33 bits per heavy atom. The fourth-order valence-electron chi connectivity index (χ4n) is 1.91. The Bertz CT molecular complexity index is 532. The number of ether oxygens (including phenoxy) is 2. The van der Waals surface area contributed by atoms with Crippen molar-refractivity contribution in [2.45, 2.75) is 12.8 Å². The van der Waals surface area contributed by atoms with E-state index in [9.17, 15) is 4.79 Å². The second-order valence-corrected chi connectivity index (χ2v) is 4.70. The number of anilines is 1. The summed E-state index contributed by atoms with van der Waals surface area (Å²) < 4.78 is 15.1. The van der Waals surface area contributed by atoms with Gasteiger partial charge < -0.3 is 18.9 Å². The monoisotopic (exact) mass is 293 g/mol. The first kappa shape index (κ1) is 15.2. The zero-order valence-corrected chi connectivity index (χ0v) is 12.1. The van der Waals surface area contributed by atoms with Gasteiger partial charge >= 0.3 is 5.97 Å². The van der Waals surface area contributed by atoms with Crippen molar-refractivity contribution < 1.29 is 18.8 Å². The largest absolute Gasteiger partial charge is 0.466 e. The average Bonchev–Trinajstić information content (AvgIpc) is 3.02. The lowest BCUT2D eigenvalue weighted by molar-refractivity contribution is -0.136. The van der Waals surface area contributed by atoms with E-state index in [1.165, 1.54) is 7.11 Å². The number of carbonyl (C=O) groups is 1. The van der Waals surface area contributed by atoms with Gasteiger partial charge in [-0.3, -0.25) is 0 Å². The molecule has 2 heterocycles. The quantitative estimate of drug-likeness (QED) is 0.580. The lowest BCUT2D eigenvalue weighted by Gasteiger charge is -2.24. The van der Waals surface area contributed by atoms with Gasteiger partial charge in [-0.2, -0.15) is 4.98 Å². The predicted molar refractivity (Wildman–Crippen MR) is 76.8 cm³/mol. The molecule has 1 aliphatic heterocycles. The van der Waals surface area contributed by atoms with Crippen molar-refractivity contribution in [3.05, 3.63) is 24.6 Å². The number of aromatic nitrogens is 2. The molecule has 7 heteroatoms. The molecule has 0 bridgehead atoms. The molecule has 0 aliphatic carbocycles. The number of esters is 1. The van der Waals surface area contributed by atoms with Crippen LogP contribution in [0.1, 0.15) is 18.7 Å². The second kappa shape index (κ2) is 7.03. The van der Waals surface area contributed by atoms with Gasteiger partial charge in [0, 0.05) is 24.2 Å².